The van der Waals surface area contributed by atoms with E-state index in [0.717, 1.165) is 12.1 Å². The van der Waals surface area contributed by atoms with E-state index in [-0.39, 0.29) is 21.9 Å². The van der Waals surface area contributed by atoms with Crippen molar-refractivity contribution in [2.75, 3.05) is 37.9 Å². The fraction of sp³-hybridized carbons (Fsp3) is 0.300. The highest BCUT2D eigenvalue weighted by Gasteiger charge is 2.14. The first kappa shape index (κ1) is 31.3. The molecule has 0 spiro atoms. The molecule has 0 aromatic heterocycles. The summed E-state index contributed by atoms with van der Waals surface area (Å²) in [5.74, 6) is -6.00. The molecule has 0 heterocycles. The number of ether oxygens (including phenoxy) is 4. The summed E-state index contributed by atoms with van der Waals surface area (Å²) in [5, 5.41) is 18.2. The molecule has 1 rings (SSSR count). The fourth-order valence-corrected chi connectivity index (χ4v) is 3.19. The quantitative estimate of drug-likeness (QED) is 0.112. The van der Waals surface area contributed by atoms with Crippen LogP contribution in [0.3, 0.4) is 0 Å². The lowest BCUT2D eigenvalue weighted by molar-refractivity contribution is -0.142. The predicted molar refractivity (Wildman–Crippen MR) is 119 cm³/mol. The second kappa shape index (κ2) is 14.1. The number of rotatable bonds is 12. The Morgan fingerprint density at radius 2 is 1.11 bits per heavy atom. The molecule has 16 nitrogen and oxygen atoms in total. The highest BCUT2D eigenvalue weighted by molar-refractivity contribution is 7.86. The lowest BCUT2D eigenvalue weighted by atomic mass is 10.1. The smallest absolute Gasteiger partial charge is 0.320 e. The number of hydrogen-bond acceptors (Lipinski definition) is 14. The van der Waals surface area contributed by atoms with Crippen LogP contribution in [0.4, 0.5) is 0 Å². The zero-order chi connectivity index (χ0) is 28.9. The molecule has 0 atom stereocenters. The molecule has 0 bridgehead atoms. The molecular formula is C20H14N4O12S2-2. The van der Waals surface area contributed by atoms with Crippen molar-refractivity contribution in [3.8, 4) is 23.6 Å². The molecule has 0 fully saturated rings. The normalized spacial score (nSPS) is 12.4. The molecule has 1 aromatic rings. The van der Waals surface area contributed by atoms with Crippen molar-refractivity contribution in [3.05, 3.63) is 45.4 Å². The molecule has 0 radical (unpaired) electrons. The molecule has 0 aliphatic rings. The van der Waals surface area contributed by atoms with Crippen molar-refractivity contribution in [1.29, 1.82) is 10.5 Å². The van der Waals surface area contributed by atoms with E-state index in [4.69, 9.17) is 22.6 Å². The number of carbonyl (C=O) groups excluding carboxylic acids is 2. The summed E-state index contributed by atoms with van der Waals surface area (Å²) in [6, 6.07) is 5.32. The van der Waals surface area contributed by atoms with Gasteiger partial charge in [-0.05, 0) is 12.1 Å². The lowest BCUT2D eigenvalue weighted by Gasteiger charge is -2.13. The molecule has 0 saturated heterocycles. The van der Waals surface area contributed by atoms with Gasteiger partial charge in [-0.25, -0.2) is 37.0 Å². The predicted octanol–water partition coefficient (Wildman–Crippen LogP) is -2.28. The number of nitrogens with zero attached hydrogens (tertiary/aromatic N) is 4. The zero-order valence-electron chi connectivity index (χ0n) is 18.9. The van der Waals surface area contributed by atoms with E-state index in [1.165, 1.54) is 0 Å². The van der Waals surface area contributed by atoms with Gasteiger partial charge in [0.1, 0.15) is 69.7 Å². The maximum absolute atomic E-state index is 11.3. The van der Waals surface area contributed by atoms with Crippen LogP contribution in [0.15, 0.2) is 12.1 Å². The lowest BCUT2D eigenvalue weighted by Crippen LogP contribution is -2.24. The van der Waals surface area contributed by atoms with Gasteiger partial charge in [0.25, 0.3) is 11.4 Å². The van der Waals surface area contributed by atoms with Crippen LogP contribution in [0.5, 0.6) is 11.5 Å². The molecule has 200 valence electrons. The summed E-state index contributed by atoms with van der Waals surface area (Å²) in [4.78, 5) is 28.7. The molecule has 0 saturated carbocycles. The van der Waals surface area contributed by atoms with Crippen LogP contribution < -0.4 is 19.9 Å². The van der Waals surface area contributed by atoms with E-state index in [1.807, 2.05) is 0 Å². The standard InChI is InChI=1S/C20H16N4O12S2/c1-23-15(9-21)13-7-18(34-4-6-36-20(26)12-38(30,31)32)14(16(10-22)24-2)8-17(13)33-3-5-35-19(25)11-37(27,28)29/h7-8H,3-6,11-12H2,(H,27,28,29)(H,30,31,32)/p-2/b15-13-,16-14+. The molecule has 0 aliphatic carbocycles. The number of benzene rings is 1. The minimum absolute atomic E-state index is 0.188. The minimum Gasteiger partial charge on any atom is -0.748 e. The molecule has 0 amide bonds. The molecule has 18 heteroatoms. The van der Waals surface area contributed by atoms with Gasteiger partial charge in [0.2, 0.25) is 0 Å². The van der Waals surface area contributed by atoms with Crippen molar-refractivity contribution in [2.45, 2.75) is 0 Å². The third kappa shape index (κ3) is 10.9. The van der Waals surface area contributed by atoms with E-state index in [0.29, 0.717) is 0 Å². The summed E-state index contributed by atoms with van der Waals surface area (Å²) in [7, 11) is -9.74. The van der Waals surface area contributed by atoms with Crippen LogP contribution in [0.25, 0.3) is 21.1 Å². The SMILES string of the molecule is [C-]#[N+]/C(C#N)=c1/cc(OCCOC(=O)CS(=O)(=O)[O-])/c(=C(\C#N)[N+]#[C-])cc1OCCOC(=O)CS(=O)(=O)[O-]. The van der Waals surface area contributed by atoms with Crippen LogP contribution in [0.1, 0.15) is 0 Å². The Morgan fingerprint density at radius 1 is 0.763 bits per heavy atom. The number of carbonyl (C=O) groups is 2. The Balaban J connectivity index is 3.30. The second-order valence-corrected chi connectivity index (χ2v) is 9.34. The monoisotopic (exact) mass is 566 g/mol. The van der Waals surface area contributed by atoms with Gasteiger partial charge in [-0.15, -0.1) is 0 Å². The van der Waals surface area contributed by atoms with E-state index < -0.39 is 81.5 Å². The topological polar surface area (TPSA) is 242 Å². The van der Waals surface area contributed by atoms with Gasteiger partial charge in [-0.3, -0.25) is 9.59 Å². The molecule has 0 unspecified atom stereocenters. The Labute approximate surface area is 215 Å². The summed E-state index contributed by atoms with van der Waals surface area (Å²) >= 11 is 0. The average Bonchev–Trinajstić information content (AvgIpc) is 2.80. The molecule has 0 N–H and O–H groups in total. The van der Waals surface area contributed by atoms with E-state index in [9.17, 15) is 46.1 Å². The molecule has 0 aliphatic heterocycles. The van der Waals surface area contributed by atoms with Crippen molar-refractivity contribution >= 4 is 43.6 Å². The van der Waals surface area contributed by atoms with Crippen LogP contribution >= 0.6 is 0 Å². The van der Waals surface area contributed by atoms with Gasteiger partial charge in [0, 0.05) is 10.4 Å². The highest BCUT2D eigenvalue weighted by atomic mass is 32.2. The second-order valence-electron chi connectivity index (χ2n) is 6.53. The Kier molecular flexibility index (Phi) is 11.6. The number of esters is 2. The van der Waals surface area contributed by atoms with Crippen LogP contribution in [0, 0.1) is 35.8 Å². The first-order valence-electron chi connectivity index (χ1n) is 9.66. The van der Waals surface area contributed by atoms with Gasteiger partial charge >= 0.3 is 11.9 Å². The van der Waals surface area contributed by atoms with E-state index in [1.54, 1.807) is 12.1 Å². The first-order chi connectivity index (χ1) is 17.7. The van der Waals surface area contributed by atoms with Crippen LogP contribution in [0.2, 0.25) is 0 Å². The highest BCUT2D eigenvalue weighted by Crippen LogP contribution is 2.12. The Hall–Kier alpha value is -4.72. The summed E-state index contributed by atoms with van der Waals surface area (Å²) in [6.07, 6.45) is 0. The van der Waals surface area contributed by atoms with Gasteiger partial charge in [-0.2, -0.15) is 0 Å². The largest absolute Gasteiger partial charge is 0.748 e. The number of hydrogen-bond donors (Lipinski definition) is 0. The van der Waals surface area contributed by atoms with Gasteiger partial charge in [0.05, 0.1) is 25.3 Å². The van der Waals surface area contributed by atoms with Crippen molar-refractivity contribution in [2.24, 2.45) is 0 Å². The first-order valence-corrected chi connectivity index (χ1v) is 12.8. The van der Waals surface area contributed by atoms with Gasteiger partial charge in [-0.1, -0.05) is 0 Å². The van der Waals surface area contributed by atoms with E-state index in [2.05, 4.69) is 19.2 Å². The van der Waals surface area contributed by atoms with E-state index >= 15 is 0 Å². The van der Waals surface area contributed by atoms with Gasteiger partial charge in [0.15, 0.2) is 0 Å². The van der Waals surface area contributed by atoms with Crippen molar-refractivity contribution < 1.29 is 54.5 Å². The molecule has 38 heavy (non-hydrogen) atoms. The Bertz CT molecular complexity index is 1450. The summed E-state index contributed by atoms with van der Waals surface area (Å²) in [5.41, 5.74) is -1.06. The zero-order valence-corrected chi connectivity index (χ0v) is 20.5. The number of nitriles is 2. The average molecular weight is 566 g/mol. The summed E-state index contributed by atoms with van der Waals surface area (Å²) < 4.78 is 83.3. The minimum atomic E-state index is -4.87. The van der Waals surface area contributed by atoms with Crippen LogP contribution in [-0.4, -0.2) is 75.8 Å². The Morgan fingerprint density at radius 3 is 1.37 bits per heavy atom. The van der Waals surface area contributed by atoms with Gasteiger partial charge < -0.3 is 28.1 Å². The van der Waals surface area contributed by atoms with Crippen molar-refractivity contribution in [1.82, 2.24) is 0 Å². The summed E-state index contributed by atoms with van der Waals surface area (Å²) in [6.45, 7) is 12.3. The maximum atomic E-state index is 11.3. The third-order valence-corrected chi connectivity index (χ3v) is 5.00. The fourth-order valence-electron chi connectivity index (χ4n) is 2.45. The maximum Gasteiger partial charge on any atom is 0.320 e. The van der Waals surface area contributed by atoms with Crippen LogP contribution in [-0.2, 0) is 39.3 Å². The van der Waals surface area contributed by atoms with Crippen molar-refractivity contribution in [3.63, 3.8) is 0 Å². The third-order valence-electron chi connectivity index (χ3n) is 3.82. The molecular weight excluding hydrogens is 552 g/mol. The molecule has 1 aromatic carbocycles.